The fraction of sp³-hybridized carbons (Fsp3) is 0.409. The summed E-state index contributed by atoms with van der Waals surface area (Å²) < 4.78 is 5.40. The van der Waals surface area contributed by atoms with E-state index in [1.165, 1.54) is 0 Å². The fourth-order valence-electron chi connectivity index (χ4n) is 3.89. The summed E-state index contributed by atoms with van der Waals surface area (Å²) in [5, 5.41) is 3.58. The molecule has 0 aliphatic carbocycles. The molecule has 3 rings (SSSR count). The normalized spacial score (nSPS) is 17.5. The number of amides is 1. The van der Waals surface area contributed by atoms with Gasteiger partial charge in [-0.2, -0.15) is 0 Å². The second-order valence-corrected chi connectivity index (χ2v) is 7.02. The SMILES string of the molecule is CCCC(C1CCCN1)N(C(=O)c1ccccc1N)c1cccc(OC)c1. The number of benzene rings is 2. The summed E-state index contributed by atoms with van der Waals surface area (Å²) in [5.41, 5.74) is 8.02. The van der Waals surface area contributed by atoms with E-state index in [0.29, 0.717) is 11.3 Å². The van der Waals surface area contributed by atoms with Gasteiger partial charge in [0, 0.05) is 23.5 Å². The summed E-state index contributed by atoms with van der Waals surface area (Å²) in [4.78, 5) is 15.5. The van der Waals surface area contributed by atoms with Crippen LogP contribution < -0.4 is 20.7 Å². The van der Waals surface area contributed by atoms with Gasteiger partial charge in [-0.25, -0.2) is 0 Å². The van der Waals surface area contributed by atoms with E-state index in [0.717, 1.165) is 43.7 Å². The Labute approximate surface area is 161 Å². The fourth-order valence-corrected chi connectivity index (χ4v) is 3.89. The summed E-state index contributed by atoms with van der Waals surface area (Å²) in [6, 6.07) is 15.3. The van der Waals surface area contributed by atoms with E-state index in [9.17, 15) is 4.79 Å². The lowest BCUT2D eigenvalue weighted by Gasteiger charge is -2.36. The second-order valence-electron chi connectivity index (χ2n) is 7.02. The molecule has 1 heterocycles. The molecule has 1 aliphatic heterocycles. The highest BCUT2D eigenvalue weighted by Gasteiger charge is 2.34. The number of carbonyl (C=O) groups excluding carboxylic acids is 1. The van der Waals surface area contributed by atoms with Crippen LogP contribution in [0.3, 0.4) is 0 Å². The first-order valence-corrected chi connectivity index (χ1v) is 9.71. The first kappa shape index (κ1) is 19.2. The lowest BCUT2D eigenvalue weighted by Crippen LogP contribution is -2.50. The molecular formula is C22H29N3O2. The zero-order valence-electron chi connectivity index (χ0n) is 16.2. The number of nitrogen functional groups attached to an aromatic ring is 1. The predicted molar refractivity (Wildman–Crippen MR) is 110 cm³/mol. The van der Waals surface area contributed by atoms with E-state index in [-0.39, 0.29) is 18.0 Å². The van der Waals surface area contributed by atoms with Gasteiger partial charge >= 0.3 is 0 Å². The molecular weight excluding hydrogens is 338 g/mol. The average Bonchev–Trinajstić information content (AvgIpc) is 3.22. The number of carbonyl (C=O) groups is 1. The highest BCUT2D eigenvalue weighted by molar-refractivity contribution is 6.09. The van der Waals surface area contributed by atoms with Gasteiger partial charge in [-0.1, -0.05) is 31.5 Å². The van der Waals surface area contributed by atoms with Gasteiger partial charge in [0.1, 0.15) is 5.75 Å². The number of nitrogens with zero attached hydrogens (tertiary/aromatic N) is 1. The van der Waals surface area contributed by atoms with Gasteiger partial charge in [0.25, 0.3) is 5.91 Å². The number of ether oxygens (including phenoxy) is 1. The number of nitrogens with two attached hydrogens (primary N) is 1. The van der Waals surface area contributed by atoms with Crippen LogP contribution >= 0.6 is 0 Å². The van der Waals surface area contributed by atoms with Crippen LogP contribution in [0.2, 0.25) is 0 Å². The van der Waals surface area contributed by atoms with E-state index in [1.54, 1.807) is 19.2 Å². The smallest absolute Gasteiger partial charge is 0.260 e. The Hall–Kier alpha value is -2.53. The maximum Gasteiger partial charge on any atom is 0.260 e. The first-order valence-electron chi connectivity index (χ1n) is 9.71. The molecule has 27 heavy (non-hydrogen) atoms. The van der Waals surface area contributed by atoms with Gasteiger partial charge in [-0.3, -0.25) is 4.79 Å². The van der Waals surface area contributed by atoms with Crippen molar-refractivity contribution in [2.24, 2.45) is 0 Å². The van der Waals surface area contributed by atoms with Crippen molar-refractivity contribution in [3.8, 4) is 5.75 Å². The molecule has 3 N–H and O–H groups in total. The summed E-state index contributed by atoms with van der Waals surface area (Å²) >= 11 is 0. The van der Waals surface area contributed by atoms with E-state index in [2.05, 4.69) is 12.2 Å². The van der Waals surface area contributed by atoms with Crippen LogP contribution in [0.4, 0.5) is 11.4 Å². The topological polar surface area (TPSA) is 67.6 Å². The predicted octanol–water partition coefficient (Wildman–Crippen LogP) is 3.84. The zero-order chi connectivity index (χ0) is 19.2. The summed E-state index contributed by atoms with van der Waals surface area (Å²) in [6.45, 7) is 3.16. The summed E-state index contributed by atoms with van der Waals surface area (Å²) in [5.74, 6) is 0.675. The molecule has 1 amide bonds. The van der Waals surface area contributed by atoms with Crippen LogP contribution in [-0.2, 0) is 0 Å². The quantitative estimate of drug-likeness (QED) is 0.730. The number of rotatable bonds is 7. The van der Waals surface area contributed by atoms with Gasteiger partial charge in [-0.05, 0) is 50.1 Å². The maximum absolute atomic E-state index is 13.6. The minimum absolute atomic E-state index is 0.0616. The van der Waals surface area contributed by atoms with Crippen LogP contribution in [-0.4, -0.2) is 31.6 Å². The average molecular weight is 367 g/mol. The third-order valence-electron chi connectivity index (χ3n) is 5.22. The standard InChI is InChI=1S/C22H29N3O2/c1-3-8-21(20-13-7-14-24-20)25(16-9-6-10-17(15-16)27-2)22(26)18-11-4-5-12-19(18)23/h4-6,9-12,15,20-21,24H,3,7-8,13-14,23H2,1-2H3. The molecule has 2 aromatic rings. The van der Waals surface area contributed by atoms with Gasteiger partial charge in [-0.15, -0.1) is 0 Å². The highest BCUT2D eigenvalue weighted by Crippen LogP contribution is 2.30. The molecule has 5 nitrogen and oxygen atoms in total. The lowest BCUT2D eigenvalue weighted by molar-refractivity contribution is 0.0970. The minimum Gasteiger partial charge on any atom is -0.497 e. The van der Waals surface area contributed by atoms with E-state index < -0.39 is 0 Å². The lowest BCUT2D eigenvalue weighted by atomic mass is 9.97. The third-order valence-corrected chi connectivity index (χ3v) is 5.22. The molecule has 1 fully saturated rings. The molecule has 1 saturated heterocycles. The van der Waals surface area contributed by atoms with Gasteiger partial charge < -0.3 is 20.7 Å². The van der Waals surface area contributed by atoms with Gasteiger partial charge in [0.05, 0.1) is 18.7 Å². The second kappa shape index (κ2) is 8.91. The Balaban J connectivity index is 2.06. The summed E-state index contributed by atoms with van der Waals surface area (Å²) in [7, 11) is 1.64. The molecule has 2 unspecified atom stereocenters. The Bertz CT molecular complexity index is 772. The van der Waals surface area contributed by atoms with E-state index >= 15 is 0 Å². The number of nitrogens with one attached hydrogen (secondary N) is 1. The van der Waals surface area contributed by atoms with Crippen LogP contribution in [0.25, 0.3) is 0 Å². The van der Waals surface area contributed by atoms with Crippen LogP contribution in [0.5, 0.6) is 5.75 Å². The molecule has 2 atom stereocenters. The Morgan fingerprint density at radius 2 is 2.11 bits per heavy atom. The molecule has 0 spiro atoms. The van der Waals surface area contributed by atoms with Crippen molar-refractivity contribution in [2.45, 2.75) is 44.7 Å². The number of para-hydroxylation sites is 1. The molecule has 0 aromatic heterocycles. The van der Waals surface area contributed by atoms with E-state index in [4.69, 9.17) is 10.5 Å². The van der Waals surface area contributed by atoms with Crippen LogP contribution in [0, 0.1) is 0 Å². The van der Waals surface area contributed by atoms with Crippen molar-refractivity contribution < 1.29 is 9.53 Å². The molecule has 5 heteroatoms. The first-order chi connectivity index (χ1) is 13.2. The van der Waals surface area contributed by atoms with Crippen molar-refractivity contribution in [2.75, 3.05) is 24.3 Å². The molecule has 0 bridgehead atoms. The number of methoxy groups -OCH3 is 1. The molecule has 144 valence electrons. The van der Waals surface area contributed by atoms with Crippen molar-refractivity contribution in [3.63, 3.8) is 0 Å². The Morgan fingerprint density at radius 1 is 1.30 bits per heavy atom. The zero-order valence-corrected chi connectivity index (χ0v) is 16.2. The number of hydrogen-bond acceptors (Lipinski definition) is 4. The molecule has 0 radical (unpaired) electrons. The monoisotopic (exact) mass is 367 g/mol. The van der Waals surface area contributed by atoms with Crippen LogP contribution in [0.1, 0.15) is 43.0 Å². The van der Waals surface area contributed by atoms with Crippen molar-refractivity contribution >= 4 is 17.3 Å². The Kier molecular flexibility index (Phi) is 6.35. The largest absolute Gasteiger partial charge is 0.497 e. The third kappa shape index (κ3) is 4.25. The Morgan fingerprint density at radius 3 is 2.78 bits per heavy atom. The molecule has 0 saturated carbocycles. The van der Waals surface area contributed by atoms with Crippen molar-refractivity contribution in [3.05, 3.63) is 54.1 Å². The van der Waals surface area contributed by atoms with Gasteiger partial charge in [0.2, 0.25) is 0 Å². The van der Waals surface area contributed by atoms with Gasteiger partial charge in [0.15, 0.2) is 0 Å². The molecule has 2 aromatic carbocycles. The number of hydrogen-bond donors (Lipinski definition) is 2. The van der Waals surface area contributed by atoms with E-state index in [1.807, 2.05) is 41.3 Å². The maximum atomic E-state index is 13.6. The number of anilines is 2. The van der Waals surface area contributed by atoms with Crippen LogP contribution in [0.15, 0.2) is 48.5 Å². The highest BCUT2D eigenvalue weighted by atomic mass is 16.5. The van der Waals surface area contributed by atoms with Crippen molar-refractivity contribution in [1.29, 1.82) is 0 Å². The van der Waals surface area contributed by atoms with Crippen molar-refractivity contribution in [1.82, 2.24) is 5.32 Å². The molecule has 1 aliphatic rings. The summed E-state index contributed by atoms with van der Waals surface area (Å²) in [6.07, 6.45) is 4.13. The minimum atomic E-state index is -0.0616.